The van der Waals surface area contributed by atoms with Crippen LogP contribution >= 0.6 is 0 Å². The molecule has 5 heteroatoms. The number of amides is 2. The van der Waals surface area contributed by atoms with Gasteiger partial charge in [-0.15, -0.1) is 0 Å². The summed E-state index contributed by atoms with van der Waals surface area (Å²) in [5.41, 5.74) is 3.64. The van der Waals surface area contributed by atoms with Gasteiger partial charge in [-0.2, -0.15) is 0 Å². The van der Waals surface area contributed by atoms with Crippen LogP contribution in [0.1, 0.15) is 27.2 Å². The number of carbonyl (C=O) groups is 1. The molecule has 0 aromatic carbocycles. The molecule has 15 heavy (non-hydrogen) atoms. The van der Waals surface area contributed by atoms with Crippen molar-refractivity contribution in [1.82, 2.24) is 10.2 Å². The summed E-state index contributed by atoms with van der Waals surface area (Å²) in [6.07, 6.45) is 0.838. The van der Waals surface area contributed by atoms with Gasteiger partial charge >= 0.3 is 6.03 Å². The van der Waals surface area contributed by atoms with E-state index in [1.54, 1.807) is 0 Å². The SMILES string of the molecule is CCC(C)(C)NC(=O)N1CC(F)(CN)C1. The summed E-state index contributed by atoms with van der Waals surface area (Å²) in [6, 6.07) is -0.205. The first-order valence-corrected chi connectivity index (χ1v) is 5.28. The van der Waals surface area contributed by atoms with Crippen molar-refractivity contribution in [2.75, 3.05) is 19.6 Å². The van der Waals surface area contributed by atoms with E-state index in [0.717, 1.165) is 6.42 Å². The Bertz CT molecular complexity index is 249. The van der Waals surface area contributed by atoms with Crippen LogP contribution in [0.5, 0.6) is 0 Å². The lowest BCUT2D eigenvalue weighted by atomic mass is 9.96. The van der Waals surface area contributed by atoms with Crippen molar-refractivity contribution in [2.45, 2.75) is 38.4 Å². The molecule has 0 radical (unpaired) electrons. The van der Waals surface area contributed by atoms with Crippen molar-refractivity contribution in [3.8, 4) is 0 Å². The van der Waals surface area contributed by atoms with E-state index >= 15 is 0 Å². The van der Waals surface area contributed by atoms with Crippen LogP contribution in [0.4, 0.5) is 9.18 Å². The molecule has 0 saturated carbocycles. The number of rotatable bonds is 3. The largest absolute Gasteiger partial charge is 0.333 e. The van der Waals surface area contributed by atoms with Gasteiger partial charge in [0.25, 0.3) is 0 Å². The lowest BCUT2D eigenvalue weighted by Crippen LogP contribution is -2.67. The van der Waals surface area contributed by atoms with E-state index in [4.69, 9.17) is 5.73 Å². The van der Waals surface area contributed by atoms with E-state index in [2.05, 4.69) is 5.32 Å². The highest BCUT2D eigenvalue weighted by molar-refractivity contribution is 5.76. The standard InChI is InChI=1S/C10H20FN3O/c1-4-9(2,3)13-8(15)14-6-10(11,5-12)7-14/h4-7,12H2,1-3H3,(H,13,15). The molecule has 2 amide bonds. The van der Waals surface area contributed by atoms with Crippen molar-refractivity contribution in [3.05, 3.63) is 0 Å². The van der Waals surface area contributed by atoms with Crippen LogP contribution in [-0.2, 0) is 0 Å². The quantitative estimate of drug-likeness (QED) is 0.737. The lowest BCUT2D eigenvalue weighted by Gasteiger charge is -2.44. The summed E-state index contributed by atoms with van der Waals surface area (Å²) in [6.45, 7) is 6.07. The van der Waals surface area contributed by atoms with E-state index in [-0.39, 0.29) is 31.2 Å². The summed E-state index contributed by atoms with van der Waals surface area (Å²) < 4.78 is 13.4. The maximum atomic E-state index is 13.4. The molecule has 1 saturated heterocycles. The number of halogens is 1. The van der Waals surface area contributed by atoms with Crippen LogP contribution in [0.3, 0.4) is 0 Å². The van der Waals surface area contributed by atoms with Gasteiger partial charge in [-0.25, -0.2) is 9.18 Å². The van der Waals surface area contributed by atoms with E-state index in [0.29, 0.717) is 0 Å². The number of hydrogen-bond donors (Lipinski definition) is 2. The maximum absolute atomic E-state index is 13.4. The van der Waals surface area contributed by atoms with Crippen molar-refractivity contribution >= 4 is 6.03 Å². The van der Waals surface area contributed by atoms with Crippen LogP contribution in [0.25, 0.3) is 0 Å². The number of carbonyl (C=O) groups excluding carboxylic acids is 1. The molecule has 1 fully saturated rings. The second-order valence-electron chi connectivity index (χ2n) is 4.88. The second kappa shape index (κ2) is 3.96. The van der Waals surface area contributed by atoms with Gasteiger partial charge in [0.2, 0.25) is 0 Å². The third-order valence-corrected chi connectivity index (χ3v) is 2.93. The molecule has 1 aliphatic rings. The topological polar surface area (TPSA) is 58.4 Å². The number of hydrogen-bond acceptors (Lipinski definition) is 2. The molecule has 0 atom stereocenters. The smallest absolute Gasteiger partial charge is 0.318 e. The Balaban J connectivity index is 2.39. The Kier molecular flexibility index (Phi) is 3.23. The fourth-order valence-electron chi connectivity index (χ4n) is 1.37. The normalized spacial score (nSPS) is 19.7. The van der Waals surface area contributed by atoms with Gasteiger partial charge < -0.3 is 16.0 Å². The monoisotopic (exact) mass is 217 g/mol. The van der Waals surface area contributed by atoms with Gasteiger partial charge in [0.05, 0.1) is 13.1 Å². The molecule has 4 nitrogen and oxygen atoms in total. The number of urea groups is 1. The first-order valence-electron chi connectivity index (χ1n) is 5.28. The highest BCUT2D eigenvalue weighted by Crippen LogP contribution is 2.24. The van der Waals surface area contributed by atoms with Crippen LogP contribution in [0.15, 0.2) is 0 Å². The zero-order chi connectivity index (χ0) is 11.7. The Morgan fingerprint density at radius 1 is 1.60 bits per heavy atom. The van der Waals surface area contributed by atoms with E-state index in [9.17, 15) is 9.18 Å². The fourth-order valence-corrected chi connectivity index (χ4v) is 1.37. The van der Waals surface area contributed by atoms with Crippen molar-refractivity contribution in [1.29, 1.82) is 0 Å². The molecule has 0 aliphatic carbocycles. The number of alkyl halides is 1. The molecule has 0 aromatic heterocycles. The molecule has 88 valence electrons. The van der Waals surface area contributed by atoms with Gasteiger partial charge in [0, 0.05) is 12.1 Å². The van der Waals surface area contributed by atoms with E-state index in [1.165, 1.54) is 4.90 Å². The number of likely N-dealkylation sites (tertiary alicyclic amines) is 1. The average Bonchev–Trinajstić information content (AvgIpc) is 2.12. The Hall–Kier alpha value is -0.840. The van der Waals surface area contributed by atoms with Crippen LogP contribution in [0.2, 0.25) is 0 Å². The number of nitrogens with zero attached hydrogens (tertiary/aromatic N) is 1. The molecule has 3 N–H and O–H groups in total. The van der Waals surface area contributed by atoms with Crippen LogP contribution in [0, 0.1) is 0 Å². The molecular weight excluding hydrogens is 197 g/mol. The van der Waals surface area contributed by atoms with Gasteiger partial charge in [-0.3, -0.25) is 0 Å². The van der Waals surface area contributed by atoms with E-state index < -0.39 is 5.67 Å². The lowest BCUT2D eigenvalue weighted by molar-refractivity contribution is 0.000362. The predicted molar refractivity (Wildman–Crippen MR) is 57.4 cm³/mol. The van der Waals surface area contributed by atoms with Crippen molar-refractivity contribution in [2.24, 2.45) is 5.73 Å². The Labute approximate surface area is 90.0 Å². The number of nitrogens with one attached hydrogen (secondary N) is 1. The first kappa shape index (κ1) is 12.2. The highest BCUT2D eigenvalue weighted by atomic mass is 19.1. The Morgan fingerprint density at radius 3 is 2.53 bits per heavy atom. The summed E-state index contributed by atoms with van der Waals surface area (Å²) >= 11 is 0. The van der Waals surface area contributed by atoms with Crippen molar-refractivity contribution < 1.29 is 9.18 Å². The van der Waals surface area contributed by atoms with E-state index in [1.807, 2.05) is 20.8 Å². The fraction of sp³-hybridized carbons (Fsp3) is 0.900. The van der Waals surface area contributed by atoms with Crippen LogP contribution < -0.4 is 11.1 Å². The minimum absolute atomic E-state index is 0.0199. The van der Waals surface area contributed by atoms with Gasteiger partial charge in [0.1, 0.15) is 0 Å². The van der Waals surface area contributed by atoms with Crippen LogP contribution in [-0.4, -0.2) is 41.8 Å². The minimum atomic E-state index is -1.37. The molecule has 1 aliphatic heterocycles. The third kappa shape index (κ3) is 2.81. The molecular formula is C10H20FN3O. The predicted octanol–water partition coefficient (Wildman–Crippen LogP) is 0.867. The number of nitrogens with two attached hydrogens (primary N) is 1. The van der Waals surface area contributed by atoms with Gasteiger partial charge in [-0.05, 0) is 20.3 Å². The maximum Gasteiger partial charge on any atom is 0.318 e. The highest BCUT2D eigenvalue weighted by Gasteiger charge is 2.45. The minimum Gasteiger partial charge on any atom is -0.333 e. The van der Waals surface area contributed by atoms with Crippen molar-refractivity contribution in [3.63, 3.8) is 0 Å². The average molecular weight is 217 g/mol. The molecule has 0 spiro atoms. The molecule has 0 aromatic rings. The summed E-state index contributed by atoms with van der Waals surface area (Å²) in [5.74, 6) is 0. The molecule has 1 rings (SSSR count). The zero-order valence-corrected chi connectivity index (χ0v) is 9.64. The summed E-state index contributed by atoms with van der Waals surface area (Å²) in [4.78, 5) is 13.1. The van der Waals surface area contributed by atoms with Gasteiger partial charge in [0.15, 0.2) is 5.67 Å². The zero-order valence-electron chi connectivity index (χ0n) is 9.64. The molecule has 0 unspecified atom stereocenters. The summed E-state index contributed by atoms with van der Waals surface area (Å²) in [5, 5.41) is 2.85. The van der Waals surface area contributed by atoms with Gasteiger partial charge in [-0.1, -0.05) is 6.92 Å². The first-order chi connectivity index (χ1) is 6.82. The molecule has 1 heterocycles. The summed E-state index contributed by atoms with van der Waals surface area (Å²) in [7, 11) is 0. The third-order valence-electron chi connectivity index (χ3n) is 2.93. The second-order valence-corrected chi connectivity index (χ2v) is 4.88. The Morgan fingerprint density at radius 2 is 2.13 bits per heavy atom. The molecule has 0 bridgehead atoms.